The van der Waals surface area contributed by atoms with Gasteiger partial charge >= 0.3 is 6.03 Å². The van der Waals surface area contributed by atoms with Gasteiger partial charge < -0.3 is 30.2 Å². The summed E-state index contributed by atoms with van der Waals surface area (Å²) in [5.74, 6) is 1.60. The molecule has 0 aromatic heterocycles. The highest BCUT2D eigenvalue weighted by molar-refractivity contribution is 5.92. The minimum atomic E-state index is -0.222. The Kier molecular flexibility index (Phi) is 12.6. The first-order valence-electron chi connectivity index (χ1n) is 14.2. The third-order valence-corrected chi connectivity index (χ3v) is 6.79. The average Bonchev–Trinajstić information content (AvgIpc) is 2.89. The predicted molar refractivity (Wildman–Crippen MR) is 162 cm³/mol. The number of carbonyl (C=O) groups is 2. The number of carbonyl (C=O) groups excluding carboxylic acids is 2. The smallest absolute Gasteiger partial charge is 0.315 e. The molecule has 222 valence electrons. The number of anilines is 1. The molecule has 8 heteroatoms. The van der Waals surface area contributed by atoms with Crippen LogP contribution in [0, 0.1) is 0 Å². The second-order valence-electron chi connectivity index (χ2n) is 11.5. The summed E-state index contributed by atoms with van der Waals surface area (Å²) in [7, 11) is 4.78. The lowest BCUT2D eigenvalue weighted by molar-refractivity contribution is -0.116. The van der Waals surface area contributed by atoms with Crippen LogP contribution in [0.4, 0.5) is 10.5 Å². The van der Waals surface area contributed by atoms with Crippen LogP contribution in [0.25, 0.3) is 0 Å². The molecule has 40 heavy (non-hydrogen) atoms. The number of amides is 3. The standard InChI is InChI=1S/C32H49N3O5/c1-10-11-12-13-23(24-17-27(38-7)30(40-9)28(18-24)39-8)19-29(36)35-26-16-22(14-15-25(26)32(4,5)6)20-33-31(37)34-21(2)3/h14-18,21,23H,10-13,19-20H2,1-9H3,(H,35,36)(H2,33,34,37). The topological polar surface area (TPSA) is 97.9 Å². The van der Waals surface area contributed by atoms with Crippen LogP contribution in [0.1, 0.15) is 96.3 Å². The molecule has 0 aliphatic heterocycles. The summed E-state index contributed by atoms with van der Waals surface area (Å²) < 4.78 is 16.7. The molecule has 0 saturated carbocycles. The summed E-state index contributed by atoms with van der Waals surface area (Å²) in [5, 5.41) is 8.91. The molecule has 0 spiro atoms. The average molecular weight is 556 g/mol. The largest absolute Gasteiger partial charge is 0.493 e. The Morgan fingerprint density at radius 3 is 2.10 bits per heavy atom. The van der Waals surface area contributed by atoms with Gasteiger partial charge in [0.25, 0.3) is 0 Å². The van der Waals surface area contributed by atoms with Crippen LogP contribution in [-0.2, 0) is 16.8 Å². The van der Waals surface area contributed by atoms with Crippen molar-refractivity contribution in [3.05, 3.63) is 47.0 Å². The van der Waals surface area contributed by atoms with Crippen molar-refractivity contribution in [3.8, 4) is 17.2 Å². The van der Waals surface area contributed by atoms with Gasteiger partial charge in [-0.1, -0.05) is 59.1 Å². The number of rotatable bonds is 14. The van der Waals surface area contributed by atoms with Gasteiger partial charge in [-0.05, 0) is 66.5 Å². The molecule has 2 aromatic rings. The molecule has 8 nitrogen and oxygen atoms in total. The summed E-state index contributed by atoms with van der Waals surface area (Å²) in [6.45, 7) is 12.7. The fourth-order valence-corrected chi connectivity index (χ4v) is 4.74. The zero-order valence-corrected chi connectivity index (χ0v) is 25.8. The van der Waals surface area contributed by atoms with E-state index in [9.17, 15) is 9.59 Å². The Balaban J connectivity index is 2.34. The first kappa shape index (κ1) is 32.8. The zero-order valence-electron chi connectivity index (χ0n) is 25.8. The Bertz CT molecular complexity index is 1100. The van der Waals surface area contributed by atoms with Crippen LogP contribution in [0.3, 0.4) is 0 Å². The van der Waals surface area contributed by atoms with Crippen molar-refractivity contribution in [2.75, 3.05) is 26.6 Å². The molecule has 0 fully saturated rings. The van der Waals surface area contributed by atoms with Gasteiger partial charge in [-0.15, -0.1) is 0 Å². The second-order valence-corrected chi connectivity index (χ2v) is 11.5. The first-order chi connectivity index (χ1) is 18.9. The van der Waals surface area contributed by atoms with Crippen LogP contribution in [0.2, 0.25) is 0 Å². The van der Waals surface area contributed by atoms with Crippen molar-refractivity contribution in [2.24, 2.45) is 0 Å². The monoisotopic (exact) mass is 555 g/mol. The molecule has 0 saturated heterocycles. The highest BCUT2D eigenvalue weighted by Crippen LogP contribution is 2.42. The molecule has 0 radical (unpaired) electrons. The number of hydrogen-bond acceptors (Lipinski definition) is 5. The molecule has 0 aliphatic carbocycles. The SMILES string of the molecule is CCCCCC(CC(=O)Nc1cc(CNC(=O)NC(C)C)ccc1C(C)(C)C)c1cc(OC)c(OC)c(OC)c1. The number of urea groups is 1. The van der Waals surface area contributed by atoms with Crippen molar-refractivity contribution in [3.63, 3.8) is 0 Å². The zero-order chi connectivity index (χ0) is 29.9. The molecular formula is C32H49N3O5. The van der Waals surface area contributed by atoms with Crippen LogP contribution in [0.5, 0.6) is 17.2 Å². The molecule has 3 amide bonds. The highest BCUT2D eigenvalue weighted by Gasteiger charge is 2.24. The maximum absolute atomic E-state index is 13.6. The molecule has 0 aliphatic rings. The quantitative estimate of drug-likeness (QED) is 0.220. The maximum Gasteiger partial charge on any atom is 0.315 e. The molecule has 1 unspecified atom stereocenters. The van der Waals surface area contributed by atoms with Gasteiger partial charge in [0.2, 0.25) is 11.7 Å². The molecule has 0 bridgehead atoms. The lowest BCUT2D eigenvalue weighted by atomic mass is 9.85. The third kappa shape index (κ3) is 9.65. The first-order valence-corrected chi connectivity index (χ1v) is 14.2. The second kappa shape index (κ2) is 15.4. The van der Waals surface area contributed by atoms with E-state index in [1.165, 1.54) is 0 Å². The van der Waals surface area contributed by atoms with Gasteiger partial charge in [0, 0.05) is 24.7 Å². The van der Waals surface area contributed by atoms with Gasteiger partial charge in [0.15, 0.2) is 11.5 Å². The van der Waals surface area contributed by atoms with E-state index in [1.807, 2.05) is 44.2 Å². The van der Waals surface area contributed by atoms with Crippen molar-refractivity contribution in [1.82, 2.24) is 10.6 Å². The number of methoxy groups -OCH3 is 3. The maximum atomic E-state index is 13.6. The van der Waals surface area contributed by atoms with Gasteiger partial charge in [-0.2, -0.15) is 0 Å². The Morgan fingerprint density at radius 1 is 0.925 bits per heavy atom. The number of unbranched alkanes of at least 4 members (excludes halogenated alkanes) is 2. The van der Waals surface area contributed by atoms with Crippen LogP contribution < -0.4 is 30.2 Å². The van der Waals surface area contributed by atoms with E-state index < -0.39 is 0 Å². The Hall–Kier alpha value is -3.42. The lowest BCUT2D eigenvalue weighted by Crippen LogP contribution is -2.39. The van der Waals surface area contributed by atoms with Crippen LogP contribution in [0.15, 0.2) is 30.3 Å². The van der Waals surface area contributed by atoms with E-state index in [4.69, 9.17) is 14.2 Å². The highest BCUT2D eigenvalue weighted by atomic mass is 16.5. The van der Waals surface area contributed by atoms with E-state index in [-0.39, 0.29) is 29.3 Å². The number of ether oxygens (including phenoxy) is 3. The molecule has 0 heterocycles. The van der Waals surface area contributed by atoms with E-state index in [0.717, 1.165) is 48.1 Å². The number of nitrogens with one attached hydrogen (secondary N) is 3. The van der Waals surface area contributed by atoms with Crippen molar-refractivity contribution in [1.29, 1.82) is 0 Å². The van der Waals surface area contributed by atoms with Crippen molar-refractivity contribution in [2.45, 2.75) is 97.6 Å². The number of hydrogen-bond donors (Lipinski definition) is 3. The minimum Gasteiger partial charge on any atom is -0.493 e. The number of benzene rings is 2. The van der Waals surface area contributed by atoms with E-state index >= 15 is 0 Å². The fraction of sp³-hybridized carbons (Fsp3) is 0.562. The van der Waals surface area contributed by atoms with Crippen LogP contribution in [-0.4, -0.2) is 39.3 Å². The van der Waals surface area contributed by atoms with Gasteiger partial charge in [-0.3, -0.25) is 4.79 Å². The fourth-order valence-electron chi connectivity index (χ4n) is 4.74. The van der Waals surface area contributed by atoms with E-state index in [2.05, 4.69) is 43.6 Å². The normalized spacial score (nSPS) is 12.1. The summed E-state index contributed by atoms with van der Waals surface area (Å²) in [6, 6.07) is 9.70. The summed E-state index contributed by atoms with van der Waals surface area (Å²) in [6.07, 6.45) is 4.37. The molecule has 1 atom stereocenters. The molecule has 2 aromatic carbocycles. The Morgan fingerprint density at radius 2 is 1.57 bits per heavy atom. The molecular weight excluding hydrogens is 506 g/mol. The third-order valence-electron chi connectivity index (χ3n) is 6.79. The van der Waals surface area contributed by atoms with Gasteiger partial charge in [0.05, 0.1) is 21.3 Å². The summed E-state index contributed by atoms with van der Waals surface area (Å²) >= 11 is 0. The van der Waals surface area contributed by atoms with Crippen LogP contribution >= 0.6 is 0 Å². The summed E-state index contributed by atoms with van der Waals surface area (Å²) in [4.78, 5) is 25.7. The van der Waals surface area contributed by atoms with E-state index in [1.54, 1.807) is 21.3 Å². The predicted octanol–water partition coefficient (Wildman–Crippen LogP) is 6.91. The molecule has 2 rings (SSSR count). The van der Waals surface area contributed by atoms with Gasteiger partial charge in [0.1, 0.15) is 0 Å². The minimum absolute atomic E-state index is 0.0251. The Labute approximate surface area is 240 Å². The van der Waals surface area contributed by atoms with E-state index in [0.29, 0.717) is 30.2 Å². The summed E-state index contributed by atoms with van der Waals surface area (Å²) in [5.41, 5.74) is 3.50. The van der Waals surface area contributed by atoms with Gasteiger partial charge in [-0.25, -0.2) is 4.79 Å². The van der Waals surface area contributed by atoms with Crippen molar-refractivity contribution >= 4 is 17.6 Å². The van der Waals surface area contributed by atoms with Crippen molar-refractivity contribution < 1.29 is 23.8 Å². The lowest BCUT2D eigenvalue weighted by Gasteiger charge is -2.25. The molecule has 3 N–H and O–H groups in total.